The third-order valence-electron chi connectivity index (χ3n) is 4.58. The molecule has 3 heteroatoms. The van der Waals surface area contributed by atoms with Crippen molar-refractivity contribution in [3.8, 4) is 5.75 Å². The van der Waals surface area contributed by atoms with E-state index in [1.165, 1.54) is 36.8 Å². The summed E-state index contributed by atoms with van der Waals surface area (Å²) in [7, 11) is 1.81. The lowest BCUT2D eigenvalue weighted by Crippen LogP contribution is -2.30. The van der Waals surface area contributed by atoms with Gasteiger partial charge in [0.15, 0.2) is 0 Å². The number of hydrogen-bond donors (Lipinski definition) is 1. The maximum atomic E-state index is 6.31. The van der Waals surface area contributed by atoms with Crippen LogP contribution in [0.15, 0.2) is 18.2 Å². The van der Waals surface area contributed by atoms with Gasteiger partial charge in [0.2, 0.25) is 0 Å². The van der Waals surface area contributed by atoms with Gasteiger partial charge in [0, 0.05) is 31.7 Å². The van der Waals surface area contributed by atoms with Crippen molar-refractivity contribution in [3.05, 3.63) is 29.3 Å². The summed E-state index contributed by atoms with van der Waals surface area (Å²) in [5, 5.41) is 3.59. The molecular weight excluding hydrogens is 262 g/mol. The maximum Gasteiger partial charge on any atom is 0.124 e. The lowest BCUT2D eigenvalue weighted by molar-refractivity contribution is 0.0206. The van der Waals surface area contributed by atoms with E-state index in [9.17, 15) is 0 Å². The molecule has 2 aliphatic carbocycles. The van der Waals surface area contributed by atoms with Crippen molar-refractivity contribution in [3.63, 3.8) is 0 Å². The number of methoxy groups -OCH3 is 1. The first-order valence-electron chi connectivity index (χ1n) is 8.27. The summed E-state index contributed by atoms with van der Waals surface area (Å²) < 4.78 is 11.8. The van der Waals surface area contributed by atoms with Crippen LogP contribution in [-0.4, -0.2) is 25.4 Å². The Bertz CT molecular complexity index is 470. The van der Waals surface area contributed by atoms with Crippen molar-refractivity contribution in [2.45, 2.75) is 70.2 Å². The summed E-state index contributed by atoms with van der Waals surface area (Å²) in [4.78, 5) is 0. The summed E-state index contributed by atoms with van der Waals surface area (Å²) >= 11 is 0. The predicted molar refractivity (Wildman–Crippen MR) is 84.7 cm³/mol. The van der Waals surface area contributed by atoms with E-state index in [0.29, 0.717) is 12.2 Å². The number of aryl methyl sites for hydroxylation is 1. The van der Waals surface area contributed by atoms with Gasteiger partial charge in [-0.2, -0.15) is 0 Å². The van der Waals surface area contributed by atoms with Crippen molar-refractivity contribution < 1.29 is 9.47 Å². The molecule has 0 aliphatic heterocycles. The van der Waals surface area contributed by atoms with Crippen LogP contribution >= 0.6 is 0 Å². The van der Waals surface area contributed by atoms with Gasteiger partial charge in [-0.3, -0.25) is 0 Å². The van der Waals surface area contributed by atoms with Gasteiger partial charge in [0.1, 0.15) is 11.9 Å². The quantitative estimate of drug-likeness (QED) is 0.868. The Morgan fingerprint density at radius 1 is 1.14 bits per heavy atom. The smallest absolute Gasteiger partial charge is 0.124 e. The molecule has 1 aromatic carbocycles. The Morgan fingerprint density at radius 3 is 2.71 bits per heavy atom. The number of benzene rings is 1. The first-order chi connectivity index (χ1) is 10.2. The molecule has 0 radical (unpaired) electrons. The van der Waals surface area contributed by atoms with Crippen molar-refractivity contribution in [2.24, 2.45) is 0 Å². The van der Waals surface area contributed by atoms with E-state index in [-0.39, 0.29) is 0 Å². The highest BCUT2D eigenvalue weighted by molar-refractivity contribution is 5.37. The largest absolute Gasteiger partial charge is 0.490 e. The molecule has 2 aliphatic rings. The Balaban J connectivity index is 1.65. The van der Waals surface area contributed by atoms with Crippen molar-refractivity contribution >= 4 is 0 Å². The molecule has 0 aromatic heterocycles. The fourth-order valence-corrected chi connectivity index (χ4v) is 3.11. The van der Waals surface area contributed by atoms with E-state index in [4.69, 9.17) is 9.47 Å². The van der Waals surface area contributed by atoms with Gasteiger partial charge in [0.05, 0.1) is 6.10 Å². The first kappa shape index (κ1) is 14.9. The second-order valence-corrected chi connectivity index (χ2v) is 6.53. The zero-order chi connectivity index (χ0) is 14.7. The molecule has 2 atom stereocenters. The monoisotopic (exact) mass is 289 g/mol. The molecule has 3 nitrogen and oxygen atoms in total. The van der Waals surface area contributed by atoms with Crippen LogP contribution in [0.2, 0.25) is 0 Å². The fraction of sp³-hybridized carbons (Fsp3) is 0.667. The van der Waals surface area contributed by atoms with Crippen LogP contribution in [-0.2, 0) is 11.3 Å². The van der Waals surface area contributed by atoms with Crippen molar-refractivity contribution in [1.29, 1.82) is 0 Å². The van der Waals surface area contributed by atoms with Crippen LogP contribution in [0.25, 0.3) is 0 Å². The average molecular weight is 289 g/mol. The van der Waals surface area contributed by atoms with E-state index >= 15 is 0 Å². The molecule has 0 spiro atoms. The minimum absolute atomic E-state index is 0.297. The second-order valence-electron chi connectivity index (χ2n) is 6.53. The van der Waals surface area contributed by atoms with Crippen LogP contribution in [0.4, 0.5) is 0 Å². The molecule has 21 heavy (non-hydrogen) atoms. The molecule has 1 N–H and O–H groups in total. The molecule has 116 valence electrons. The second kappa shape index (κ2) is 6.80. The number of nitrogens with one attached hydrogen (secondary N) is 1. The SMILES string of the molecule is COC1CCCC(Oc2ccc(C)cc2CNC2CC2)C1. The summed E-state index contributed by atoms with van der Waals surface area (Å²) in [6, 6.07) is 7.26. The van der Waals surface area contributed by atoms with Gasteiger partial charge < -0.3 is 14.8 Å². The zero-order valence-corrected chi connectivity index (χ0v) is 13.2. The molecule has 0 bridgehead atoms. The highest BCUT2D eigenvalue weighted by atomic mass is 16.5. The highest BCUT2D eigenvalue weighted by Crippen LogP contribution is 2.29. The van der Waals surface area contributed by atoms with Crippen molar-refractivity contribution in [1.82, 2.24) is 5.32 Å². The van der Waals surface area contributed by atoms with Gasteiger partial charge in [-0.05, 0) is 45.1 Å². The van der Waals surface area contributed by atoms with Crippen LogP contribution in [0.3, 0.4) is 0 Å². The van der Waals surface area contributed by atoms with Gasteiger partial charge in [-0.25, -0.2) is 0 Å². The minimum Gasteiger partial charge on any atom is -0.490 e. The topological polar surface area (TPSA) is 30.5 Å². The Hall–Kier alpha value is -1.06. The molecule has 3 rings (SSSR count). The average Bonchev–Trinajstić information content (AvgIpc) is 3.32. The molecular formula is C18H27NO2. The molecule has 0 amide bonds. The third kappa shape index (κ3) is 4.21. The van der Waals surface area contributed by atoms with Gasteiger partial charge >= 0.3 is 0 Å². The van der Waals surface area contributed by atoms with Crippen LogP contribution in [0, 0.1) is 6.92 Å². The normalized spacial score (nSPS) is 25.8. The van der Waals surface area contributed by atoms with Gasteiger partial charge in [-0.15, -0.1) is 0 Å². The Labute approximate surface area is 128 Å². The predicted octanol–water partition coefficient (Wildman–Crippen LogP) is 3.58. The van der Waals surface area contributed by atoms with Gasteiger partial charge in [-0.1, -0.05) is 17.7 Å². The lowest BCUT2D eigenvalue weighted by atomic mass is 9.95. The third-order valence-corrected chi connectivity index (χ3v) is 4.58. The molecule has 1 aromatic rings. The van der Waals surface area contributed by atoms with Gasteiger partial charge in [0.25, 0.3) is 0 Å². The van der Waals surface area contributed by atoms with E-state index < -0.39 is 0 Å². The number of rotatable bonds is 6. The van der Waals surface area contributed by atoms with Crippen LogP contribution in [0.1, 0.15) is 49.7 Å². The molecule has 0 heterocycles. The first-order valence-corrected chi connectivity index (χ1v) is 8.27. The Kier molecular flexibility index (Phi) is 4.81. The van der Waals surface area contributed by atoms with E-state index in [0.717, 1.165) is 31.2 Å². The number of hydrogen-bond acceptors (Lipinski definition) is 3. The standard InChI is InChI=1S/C18H27NO2/c1-13-6-9-18(14(10-13)12-19-15-7-8-15)21-17-5-3-4-16(11-17)20-2/h6,9-10,15-17,19H,3-5,7-8,11-12H2,1-2H3. The van der Waals surface area contributed by atoms with Crippen LogP contribution in [0.5, 0.6) is 5.75 Å². The van der Waals surface area contributed by atoms with E-state index in [1.807, 2.05) is 7.11 Å². The van der Waals surface area contributed by atoms with E-state index in [1.54, 1.807) is 0 Å². The van der Waals surface area contributed by atoms with E-state index in [2.05, 4.69) is 30.4 Å². The summed E-state index contributed by atoms with van der Waals surface area (Å²) in [5.74, 6) is 1.05. The molecule has 2 fully saturated rings. The maximum absolute atomic E-state index is 6.31. The summed E-state index contributed by atoms with van der Waals surface area (Å²) in [6.07, 6.45) is 7.82. The summed E-state index contributed by atoms with van der Waals surface area (Å²) in [5.41, 5.74) is 2.59. The van der Waals surface area contributed by atoms with Crippen LogP contribution < -0.4 is 10.1 Å². The molecule has 2 unspecified atom stereocenters. The van der Waals surface area contributed by atoms with Crippen molar-refractivity contribution in [2.75, 3.05) is 7.11 Å². The molecule has 0 saturated heterocycles. The molecule has 2 saturated carbocycles. The summed E-state index contributed by atoms with van der Waals surface area (Å²) in [6.45, 7) is 3.06. The highest BCUT2D eigenvalue weighted by Gasteiger charge is 2.24. The Morgan fingerprint density at radius 2 is 1.95 bits per heavy atom. The zero-order valence-electron chi connectivity index (χ0n) is 13.2. The minimum atomic E-state index is 0.297. The number of ether oxygens (including phenoxy) is 2. The lowest BCUT2D eigenvalue weighted by Gasteiger charge is -2.29. The fourth-order valence-electron chi connectivity index (χ4n) is 3.11.